The second kappa shape index (κ2) is 10.00. The summed E-state index contributed by atoms with van der Waals surface area (Å²) >= 11 is 12.0. The molecule has 1 amide bonds. The number of carbonyl (C=O) groups excluding carboxylic acids is 1. The minimum absolute atomic E-state index is 0. The van der Waals surface area contributed by atoms with E-state index in [0.717, 1.165) is 38.8 Å². The number of ether oxygens (including phenoxy) is 2. The average molecular weight is 424 g/mol. The molecule has 2 aliphatic rings. The van der Waals surface area contributed by atoms with Crippen LogP contribution in [0.25, 0.3) is 0 Å². The van der Waals surface area contributed by atoms with Gasteiger partial charge in [0.2, 0.25) is 0 Å². The number of likely N-dealkylation sites (tertiary alicyclic amines) is 1. The SMILES string of the molecule is Cl.NC[C@H]1CC[C@@H](C(=O)N2CCC(COc3cc(Cl)cc(Cl)c3)CC2)O1. The molecule has 0 radical (unpaired) electrons. The third kappa shape index (κ3) is 5.64. The minimum atomic E-state index is -0.310. The molecule has 5 nitrogen and oxygen atoms in total. The summed E-state index contributed by atoms with van der Waals surface area (Å²) < 4.78 is 11.5. The molecule has 146 valence electrons. The van der Waals surface area contributed by atoms with E-state index in [-0.39, 0.29) is 30.5 Å². The zero-order valence-electron chi connectivity index (χ0n) is 14.5. The highest BCUT2D eigenvalue weighted by atomic mass is 35.5. The van der Waals surface area contributed by atoms with E-state index >= 15 is 0 Å². The van der Waals surface area contributed by atoms with E-state index in [0.29, 0.717) is 34.9 Å². The number of halogens is 3. The van der Waals surface area contributed by atoms with Crippen LogP contribution in [0.4, 0.5) is 0 Å². The molecule has 0 aliphatic carbocycles. The molecule has 0 aromatic heterocycles. The van der Waals surface area contributed by atoms with Gasteiger partial charge in [-0.25, -0.2) is 0 Å². The largest absolute Gasteiger partial charge is 0.493 e. The van der Waals surface area contributed by atoms with Crippen LogP contribution >= 0.6 is 35.6 Å². The summed E-state index contributed by atoms with van der Waals surface area (Å²) in [4.78, 5) is 14.4. The number of piperidine rings is 1. The van der Waals surface area contributed by atoms with Crippen LogP contribution in [0.2, 0.25) is 10.0 Å². The van der Waals surface area contributed by atoms with Gasteiger partial charge in [0, 0.05) is 29.7 Å². The summed E-state index contributed by atoms with van der Waals surface area (Å²) in [6.45, 7) is 2.58. The van der Waals surface area contributed by atoms with Crippen LogP contribution in [-0.4, -0.2) is 49.3 Å². The number of hydrogen-bond acceptors (Lipinski definition) is 4. The fraction of sp³-hybridized carbons (Fsp3) is 0.611. The van der Waals surface area contributed by atoms with E-state index in [1.807, 2.05) is 4.90 Å². The fourth-order valence-electron chi connectivity index (χ4n) is 3.41. The highest BCUT2D eigenvalue weighted by molar-refractivity contribution is 6.34. The zero-order valence-corrected chi connectivity index (χ0v) is 16.9. The first-order valence-corrected chi connectivity index (χ1v) is 9.54. The lowest BCUT2D eigenvalue weighted by Crippen LogP contribution is -2.44. The lowest BCUT2D eigenvalue weighted by Gasteiger charge is -2.33. The van der Waals surface area contributed by atoms with Crippen molar-refractivity contribution in [3.8, 4) is 5.75 Å². The van der Waals surface area contributed by atoms with Gasteiger partial charge in [0.1, 0.15) is 11.9 Å². The Hall–Kier alpha value is -0.720. The van der Waals surface area contributed by atoms with Gasteiger partial charge in [-0.3, -0.25) is 4.79 Å². The maximum atomic E-state index is 12.5. The van der Waals surface area contributed by atoms with Gasteiger partial charge < -0.3 is 20.1 Å². The van der Waals surface area contributed by atoms with Crippen molar-refractivity contribution in [1.82, 2.24) is 4.90 Å². The van der Waals surface area contributed by atoms with E-state index in [1.165, 1.54) is 0 Å². The van der Waals surface area contributed by atoms with Gasteiger partial charge in [0.05, 0.1) is 12.7 Å². The first-order chi connectivity index (χ1) is 12.0. The van der Waals surface area contributed by atoms with Crippen molar-refractivity contribution >= 4 is 41.5 Å². The lowest BCUT2D eigenvalue weighted by molar-refractivity contribution is -0.144. The van der Waals surface area contributed by atoms with Gasteiger partial charge in [0.15, 0.2) is 0 Å². The minimum Gasteiger partial charge on any atom is -0.493 e. The van der Waals surface area contributed by atoms with Crippen molar-refractivity contribution in [2.75, 3.05) is 26.2 Å². The number of benzene rings is 1. The van der Waals surface area contributed by atoms with Gasteiger partial charge in [-0.1, -0.05) is 23.2 Å². The third-order valence-corrected chi connectivity index (χ3v) is 5.33. The first kappa shape index (κ1) is 21.6. The summed E-state index contributed by atoms with van der Waals surface area (Å²) in [5.74, 6) is 1.21. The molecule has 2 N–H and O–H groups in total. The highest BCUT2D eigenvalue weighted by Gasteiger charge is 2.34. The smallest absolute Gasteiger partial charge is 0.251 e. The standard InChI is InChI=1S/C18H24Cl2N2O3.ClH/c19-13-7-14(20)9-16(8-13)24-11-12-3-5-22(6-4-12)18(23)17-2-1-15(10-21)25-17;/h7-9,12,15,17H,1-6,10-11,21H2;1H/t15-,17+;/m1./s1. The summed E-state index contributed by atoms with van der Waals surface area (Å²) in [6, 6.07) is 5.20. The van der Waals surface area contributed by atoms with Gasteiger partial charge in [-0.2, -0.15) is 0 Å². The summed E-state index contributed by atoms with van der Waals surface area (Å²) in [5.41, 5.74) is 5.61. The van der Waals surface area contributed by atoms with Crippen molar-refractivity contribution in [3.63, 3.8) is 0 Å². The molecule has 0 bridgehead atoms. The number of hydrogen-bond donors (Lipinski definition) is 1. The van der Waals surface area contributed by atoms with Crippen molar-refractivity contribution in [3.05, 3.63) is 28.2 Å². The van der Waals surface area contributed by atoms with Crippen LogP contribution in [0.5, 0.6) is 5.75 Å². The van der Waals surface area contributed by atoms with E-state index in [4.69, 9.17) is 38.4 Å². The Morgan fingerprint density at radius 3 is 2.38 bits per heavy atom. The van der Waals surface area contributed by atoms with Crippen molar-refractivity contribution in [2.24, 2.45) is 11.7 Å². The van der Waals surface area contributed by atoms with Crippen molar-refractivity contribution in [2.45, 2.75) is 37.9 Å². The van der Waals surface area contributed by atoms with E-state index < -0.39 is 0 Å². The molecular weight excluding hydrogens is 399 g/mol. The van der Waals surface area contributed by atoms with E-state index in [1.54, 1.807) is 18.2 Å². The molecule has 0 saturated carbocycles. The molecular formula is C18H25Cl3N2O3. The number of nitrogens with two attached hydrogens (primary N) is 1. The maximum Gasteiger partial charge on any atom is 0.251 e. The second-order valence-electron chi connectivity index (χ2n) is 6.74. The normalized spacial score (nSPS) is 23.6. The topological polar surface area (TPSA) is 64.8 Å². The average Bonchev–Trinajstić information content (AvgIpc) is 3.08. The Labute approximate surface area is 170 Å². The molecule has 2 aliphatic heterocycles. The molecule has 1 aromatic carbocycles. The van der Waals surface area contributed by atoms with Crippen LogP contribution in [0, 0.1) is 5.92 Å². The van der Waals surface area contributed by atoms with Crippen molar-refractivity contribution in [1.29, 1.82) is 0 Å². The Bertz CT molecular complexity index is 589. The number of carbonyl (C=O) groups is 1. The van der Waals surface area contributed by atoms with Crippen LogP contribution < -0.4 is 10.5 Å². The molecule has 8 heteroatoms. The van der Waals surface area contributed by atoms with Crippen LogP contribution in [0.15, 0.2) is 18.2 Å². The summed E-state index contributed by atoms with van der Waals surface area (Å²) in [5, 5.41) is 1.13. The molecule has 26 heavy (non-hydrogen) atoms. The molecule has 2 atom stereocenters. The number of rotatable bonds is 5. The predicted octanol–water partition coefficient (Wildman–Crippen LogP) is 3.54. The Morgan fingerprint density at radius 1 is 1.15 bits per heavy atom. The number of amides is 1. The lowest BCUT2D eigenvalue weighted by atomic mass is 9.97. The molecule has 0 spiro atoms. The summed E-state index contributed by atoms with van der Waals surface area (Å²) in [6.07, 6.45) is 3.22. The van der Waals surface area contributed by atoms with Crippen LogP contribution in [-0.2, 0) is 9.53 Å². The molecule has 2 fully saturated rings. The van der Waals surface area contributed by atoms with Gasteiger partial charge in [0.25, 0.3) is 5.91 Å². The zero-order chi connectivity index (χ0) is 17.8. The predicted molar refractivity (Wildman–Crippen MR) is 105 cm³/mol. The van der Waals surface area contributed by atoms with Gasteiger partial charge in [-0.15, -0.1) is 12.4 Å². The summed E-state index contributed by atoms with van der Waals surface area (Å²) in [7, 11) is 0. The first-order valence-electron chi connectivity index (χ1n) is 8.78. The molecule has 2 saturated heterocycles. The highest BCUT2D eigenvalue weighted by Crippen LogP contribution is 2.27. The molecule has 0 unspecified atom stereocenters. The second-order valence-corrected chi connectivity index (χ2v) is 7.62. The molecule has 2 heterocycles. The maximum absolute atomic E-state index is 12.5. The Morgan fingerprint density at radius 2 is 1.81 bits per heavy atom. The van der Waals surface area contributed by atoms with Crippen LogP contribution in [0.3, 0.4) is 0 Å². The quantitative estimate of drug-likeness (QED) is 0.787. The van der Waals surface area contributed by atoms with Crippen LogP contribution in [0.1, 0.15) is 25.7 Å². The molecule has 3 rings (SSSR count). The van der Waals surface area contributed by atoms with Crippen molar-refractivity contribution < 1.29 is 14.3 Å². The fourth-order valence-corrected chi connectivity index (χ4v) is 3.92. The van der Waals surface area contributed by atoms with E-state index in [2.05, 4.69) is 0 Å². The Balaban J connectivity index is 0.00000243. The van der Waals surface area contributed by atoms with E-state index in [9.17, 15) is 4.79 Å². The monoisotopic (exact) mass is 422 g/mol. The van der Waals surface area contributed by atoms with Gasteiger partial charge in [-0.05, 0) is 49.8 Å². The number of nitrogens with zero attached hydrogens (tertiary/aromatic N) is 1. The third-order valence-electron chi connectivity index (χ3n) is 4.89. The molecule has 1 aromatic rings. The Kier molecular flexibility index (Phi) is 8.30. The van der Waals surface area contributed by atoms with Gasteiger partial charge >= 0.3 is 0 Å².